The summed E-state index contributed by atoms with van der Waals surface area (Å²) in [5, 5.41) is 0. The Morgan fingerprint density at radius 1 is 0.656 bits per heavy atom. The number of methoxy groups -OCH3 is 2. The van der Waals surface area contributed by atoms with Gasteiger partial charge in [-0.3, -0.25) is 4.90 Å². The summed E-state index contributed by atoms with van der Waals surface area (Å²) in [4.78, 5) is 1.81. The summed E-state index contributed by atoms with van der Waals surface area (Å²) < 4.78 is 35.0. The van der Waals surface area contributed by atoms with Crippen molar-refractivity contribution in [3.8, 4) is 34.5 Å². The first-order chi connectivity index (χ1) is 15.8. The van der Waals surface area contributed by atoms with Crippen LogP contribution in [0.15, 0.2) is 91.0 Å². The van der Waals surface area contributed by atoms with Gasteiger partial charge in [-0.25, -0.2) is 0 Å². The normalized spacial score (nSPS) is 13.6. The zero-order valence-electron chi connectivity index (χ0n) is 17.6. The molecule has 2 heterocycles. The van der Waals surface area contributed by atoms with Gasteiger partial charge in [-0.2, -0.15) is 0 Å². The van der Waals surface area contributed by atoms with Crippen LogP contribution in [0.25, 0.3) is 0 Å². The van der Waals surface area contributed by atoms with Crippen molar-refractivity contribution in [3.63, 3.8) is 0 Å². The summed E-state index contributed by atoms with van der Waals surface area (Å²) in [6.45, 7) is 0.342. The Labute approximate surface area is 185 Å². The molecule has 0 unspecified atom stereocenters. The van der Waals surface area contributed by atoms with E-state index in [4.69, 9.17) is 28.4 Å². The number of fused-ring (bicyclic) bond motifs is 2. The Morgan fingerprint density at radius 3 is 1.75 bits per heavy atom. The van der Waals surface area contributed by atoms with Crippen LogP contribution in [-0.4, -0.2) is 19.1 Å². The molecule has 3 aromatic rings. The summed E-state index contributed by atoms with van der Waals surface area (Å²) in [7, 11) is 3.21. The second-order valence-corrected chi connectivity index (χ2v) is 6.98. The fourth-order valence-corrected chi connectivity index (χ4v) is 3.52. The fraction of sp³-hybridized carbons (Fsp3) is 0.120. The van der Waals surface area contributed by atoms with Gasteiger partial charge in [-0.15, -0.1) is 0 Å². The summed E-state index contributed by atoms with van der Waals surface area (Å²) >= 11 is 0. The van der Waals surface area contributed by atoms with Gasteiger partial charge in [-0.05, 0) is 30.3 Å². The van der Waals surface area contributed by atoms with Crippen molar-refractivity contribution in [1.82, 2.24) is 4.90 Å². The van der Waals surface area contributed by atoms with Gasteiger partial charge in [0.2, 0.25) is 11.8 Å². The highest BCUT2D eigenvalue weighted by molar-refractivity contribution is 5.48. The molecule has 0 N–H and O–H groups in total. The molecule has 32 heavy (non-hydrogen) atoms. The van der Waals surface area contributed by atoms with Crippen molar-refractivity contribution < 1.29 is 28.4 Å². The average molecular weight is 431 g/mol. The van der Waals surface area contributed by atoms with Crippen molar-refractivity contribution >= 4 is 0 Å². The number of hydrogen-bond donors (Lipinski definition) is 0. The highest BCUT2D eigenvalue weighted by Crippen LogP contribution is 2.39. The standard InChI is InChI=1S/C25H21NO6/c1-27-22-13-7-8-17(25(22)28-2)14-26(23-15-29-18-9-3-5-11-20(18)31-23)24-16-30-19-10-4-6-12-21(19)32-24/h3-13,15-16H,14H2,1-2H3. The first-order valence-corrected chi connectivity index (χ1v) is 10.0. The van der Waals surface area contributed by atoms with Crippen LogP contribution in [0.5, 0.6) is 34.5 Å². The van der Waals surface area contributed by atoms with Gasteiger partial charge >= 0.3 is 0 Å². The van der Waals surface area contributed by atoms with E-state index >= 15 is 0 Å². The Morgan fingerprint density at radius 2 is 1.22 bits per heavy atom. The van der Waals surface area contributed by atoms with Crippen LogP contribution >= 0.6 is 0 Å². The average Bonchev–Trinajstić information content (AvgIpc) is 2.86. The molecule has 2 aliphatic heterocycles. The lowest BCUT2D eigenvalue weighted by Crippen LogP contribution is -2.31. The van der Waals surface area contributed by atoms with Crippen LogP contribution in [0.4, 0.5) is 0 Å². The van der Waals surface area contributed by atoms with Crippen LogP contribution in [0, 0.1) is 0 Å². The molecule has 7 heteroatoms. The minimum absolute atomic E-state index is 0.342. The van der Waals surface area contributed by atoms with Crippen LogP contribution in [0.1, 0.15) is 5.56 Å². The number of ether oxygens (including phenoxy) is 6. The van der Waals surface area contributed by atoms with E-state index in [9.17, 15) is 0 Å². The Kier molecular flexibility index (Phi) is 5.21. The molecule has 0 bridgehead atoms. The number of hydrogen-bond acceptors (Lipinski definition) is 7. The second-order valence-electron chi connectivity index (χ2n) is 6.98. The van der Waals surface area contributed by atoms with Gasteiger partial charge in [0.25, 0.3) is 0 Å². The largest absolute Gasteiger partial charge is 0.493 e. The maximum Gasteiger partial charge on any atom is 0.239 e. The lowest BCUT2D eigenvalue weighted by Gasteiger charge is -2.32. The SMILES string of the molecule is COc1cccc(CN(C2=COc3ccccc3O2)C2=COc3ccccc3O2)c1OC. The molecule has 2 aliphatic rings. The number of nitrogens with zero attached hydrogens (tertiary/aromatic N) is 1. The lowest BCUT2D eigenvalue weighted by molar-refractivity contribution is 0.138. The van der Waals surface area contributed by atoms with Crippen molar-refractivity contribution in [2.45, 2.75) is 6.54 Å². The topological polar surface area (TPSA) is 58.6 Å². The minimum atomic E-state index is 0.342. The maximum atomic E-state index is 6.15. The van der Waals surface area contributed by atoms with Crippen molar-refractivity contribution in [3.05, 3.63) is 96.6 Å². The van der Waals surface area contributed by atoms with Gasteiger partial charge in [0.15, 0.2) is 47.0 Å². The van der Waals surface area contributed by atoms with E-state index in [0.717, 1.165) is 5.56 Å². The summed E-state index contributed by atoms with van der Waals surface area (Å²) in [6, 6.07) is 20.6. The molecule has 0 radical (unpaired) electrons. The van der Waals surface area contributed by atoms with Gasteiger partial charge in [0.05, 0.1) is 20.8 Å². The highest BCUT2D eigenvalue weighted by Gasteiger charge is 2.28. The van der Waals surface area contributed by atoms with Crippen molar-refractivity contribution in [2.24, 2.45) is 0 Å². The number of benzene rings is 3. The monoisotopic (exact) mass is 431 g/mol. The third-order valence-corrected chi connectivity index (χ3v) is 5.05. The van der Waals surface area contributed by atoms with Crippen LogP contribution < -0.4 is 28.4 Å². The third-order valence-electron chi connectivity index (χ3n) is 5.05. The number of rotatable bonds is 6. The van der Waals surface area contributed by atoms with Gasteiger partial charge < -0.3 is 28.4 Å². The van der Waals surface area contributed by atoms with Gasteiger partial charge in [0, 0.05) is 5.56 Å². The molecule has 0 aromatic heterocycles. The Hall–Kier alpha value is -4.26. The van der Waals surface area contributed by atoms with Crippen molar-refractivity contribution in [1.29, 1.82) is 0 Å². The molecule has 7 nitrogen and oxygen atoms in total. The second kappa shape index (κ2) is 8.47. The molecular formula is C25H21NO6. The molecular weight excluding hydrogens is 410 g/mol. The highest BCUT2D eigenvalue weighted by atomic mass is 16.6. The first kappa shape index (κ1) is 19.7. The third kappa shape index (κ3) is 3.65. The van der Waals surface area contributed by atoms with E-state index < -0.39 is 0 Å². The molecule has 5 rings (SSSR count). The smallest absolute Gasteiger partial charge is 0.239 e. The van der Waals surface area contributed by atoms with E-state index in [1.54, 1.807) is 26.7 Å². The Balaban J connectivity index is 1.52. The molecule has 0 spiro atoms. The molecule has 0 atom stereocenters. The molecule has 0 saturated carbocycles. The molecule has 0 saturated heterocycles. The van der Waals surface area contributed by atoms with E-state index in [2.05, 4.69) is 0 Å². The zero-order chi connectivity index (χ0) is 21.9. The predicted octanol–water partition coefficient (Wildman–Crippen LogP) is 5.05. The molecule has 0 aliphatic carbocycles. The van der Waals surface area contributed by atoms with Crippen LogP contribution in [-0.2, 0) is 6.54 Å². The van der Waals surface area contributed by atoms with Gasteiger partial charge in [-0.1, -0.05) is 36.4 Å². The van der Waals surface area contributed by atoms with Crippen LogP contribution in [0.3, 0.4) is 0 Å². The Bertz CT molecular complexity index is 1140. The van der Waals surface area contributed by atoms with E-state index in [1.807, 2.05) is 71.6 Å². The molecule has 162 valence electrons. The molecule has 3 aromatic carbocycles. The van der Waals surface area contributed by atoms with Gasteiger partial charge in [0.1, 0.15) is 0 Å². The van der Waals surface area contributed by atoms with E-state index in [-0.39, 0.29) is 0 Å². The summed E-state index contributed by atoms with van der Waals surface area (Å²) in [6.07, 6.45) is 3.08. The summed E-state index contributed by atoms with van der Waals surface area (Å²) in [5.41, 5.74) is 0.860. The van der Waals surface area contributed by atoms with E-state index in [1.165, 1.54) is 0 Å². The fourth-order valence-electron chi connectivity index (χ4n) is 3.52. The molecule has 0 fully saturated rings. The summed E-state index contributed by atoms with van der Waals surface area (Å²) in [5.74, 6) is 4.59. The zero-order valence-corrected chi connectivity index (χ0v) is 17.6. The first-order valence-electron chi connectivity index (χ1n) is 10.0. The van der Waals surface area contributed by atoms with Crippen molar-refractivity contribution in [2.75, 3.05) is 14.2 Å². The minimum Gasteiger partial charge on any atom is -0.493 e. The lowest BCUT2D eigenvalue weighted by atomic mass is 10.1. The number of para-hydroxylation sites is 5. The predicted molar refractivity (Wildman–Crippen MR) is 117 cm³/mol. The van der Waals surface area contributed by atoms with Crippen LogP contribution in [0.2, 0.25) is 0 Å². The maximum absolute atomic E-state index is 6.15. The quantitative estimate of drug-likeness (QED) is 0.542. The molecule has 0 amide bonds. The van der Waals surface area contributed by atoms with E-state index in [0.29, 0.717) is 52.8 Å².